The van der Waals surface area contributed by atoms with Crippen LogP contribution in [-0.2, 0) is 4.79 Å². The molecule has 0 aromatic rings. The molecule has 2 N–H and O–H groups in total. The topological polar surface area (TPSA) is 41.1 Å². The molecule has 0 spiro atoms. The number of carbonyl (C=O) groups is 1. The quantitative estimate of drug-likeness (QED) is 0.718. The molecular formula is C14H28N2O. The second kappa shape index (κ2) is 8.51. The van der Waals surface area contributed by atoms with Gasteiger partial charge in [-0.25, -0.2) is 0 Å². The van der Waals surface area contributed by atoms with E-state index in [4.69, 9.17) is 0 Å². The van der Waals surface area contributed by atoms with Gasteiger partial charge in [-0.2, -0.15) is 0 Å². The summed E-state index contributed by atoms with van der Waals surface area (Å²) < 4.78 is 0. The molecule has 1 aliphatic heterocycles. The maximum absolute atomic E-state index is 11.4. The van der Waals surface area contributed by atoms with Crippen molar-refractivity contribution >= 4 is 5.91 Å². The fraction of sp³-hybridized carbons (Fsp3) is 0.929. The Balaban J connectivity index is 2.24. The first-order valence-electron chi connectivity index (χ1n) is 7.26. The van der Waals surface area contributed by atoms with Gasteiger partial charge in [-0.1, -0.05) is 33.1 Å². The molecule has 0 radical (unpaired) electrons. The van der Waals surface area contributed by atoms with Crippen LogP contribution in [0, 0.1) is 5.92 Å². The average molecular weight is 240 g/mol. The van der Waals surface area contributed by atoms with Crippen molar-refractivity contribution in [3.8, 4) is 0 Å². The van der Waals surface area contributed by atoms with E-state index >= 15 is 0 Å². The van der Waals surface area contributed by atoms with Crippen LogP contribution in [0.3, 0.4) is 0 Å². The van der Waals surface area contributed by atoms with E-state index in [1.165, 1.54) is 25.7 Å². The highest BCUT2D eigenvalue weighted by Gasteiger charge is 2.17. The Labute approximate surface area is 106 Å². The monoisotopic (exact) mass is 240 g/mol. The highest BCUT2D eigenvalue weighted by Crippen LogP contribution is 2.13. The number of hydrogen-bond acceptors (Lipinski definition) is 2. The summed E-state index contributed by atoms with van der Waals surface area (Å²) in [6.07, 6.45) is 8.06. The third kappa shape index (κ3) is 6.06. The first kappa shape index (κ1) is 14.5. The normalized spacial score (nSPS) is 22.9. The zero-order chi connectivity index (χ0) is 12.5. The summed E-state index contributed by atoms with van der Waals surface area (Å²) in [5.74, 6) is 0.989. The van der Waals surface area contributed by atoms with Crippen LogP contribution in [0.4, 0.5) is 0 Å². The van der Waals surface area contributed by atoms with E-state index in [9.17, 15) is 4.79 Å². The van der Waals surface area contributed by atoms with Crippen molar-refractivity contribution < 1.29 is 4.79 Å². The number of unbranched alkanes of at least 4 members (excludes halogenated alkanes) is 1. The summed E-state index contributed by atoms with van der Waals surface area (Å²) in [4.78, 5) is 11.4. The Hall–Kier alpha value is -0.570. The van der Waals surface area contributed by atoms with Crippen molar-refractivity contribution in [1.82, 2.24) is 10.6 Å². The van der Waals surface area contributed by atoms with Crippen LogP contribution in [0.1, 0.15) is 58.8 Å². The third-order valence-corrected chi connectivity index (χ3v) is 3.72. The van der Waals surface area contributed by atoms with Crippen LogP contribution in [0.2, 0.25) is 0 Å². The van der Waals surface area contributed by atoms with Crippen molar-refractivity contribution in [2.24, 2.45) is 5.92 Å². The Bertz CT molecular complexity index is 218. The summed E-state index contributed by atoms with van der Waals surface area (Å²) >= 11 is 0. The minimum absolute atomic E-state index is 0.210. The largest absolute Gasteiger partial charge is 0.356 e. The smallest absolute Gasteiger partial charge is 0.221 e. The molecule has 2 atom stereocenters. The molecule has 3 heteroatoms. The van der Waals surface area contributed by atoms with Gasteiger partial charge in [-0.3, -0.25) is 4.79 Å². The molecule has 1 aliphatic rings. The Morgan fingerprint density at radius 1 is 1.47 bits per heavy atom. The fourth-order valence-electron chi connectivity index (χ4n) is 2.43. The lowest BCUT2D eigenvalue weighted by Gasteiger charge is -2.20. The molecule has 1 fully saturated rings. The molecule has 2 unspecified atom stereocenters. The predicted octanol–water partition coefficient (Wildman–Crippen LogP) is 2.46. The van der Waals surface area contributed by atoms with Gasteiger partial charge < -0.3 is 10.6 Å². The molecule has 17 heavy (non-hydrogen) atoms. The van der Waals surface area contributed by atoms with Crippen LogP contribution in [0.5, 0.6) is 0 Å². The van der Waals surface area contributed by atoms with Crippen molar-refractivity contribution in [3.05, 3.63) is 0 Å². The van der Waals surface area contributed by atoms with Crippen LogP contribution in [0.25, 0.3) is 0 Å². The molecule has 0 bridgehead atoms. The van der Waals surface area contributed by atoms with Crippen LogP contribution in [0.15, 0.2) is 0 Å². The zero-order valence-electron chi connectivity index (χ0n) is 11.4. The van der Waals surface area contributed by atoms with Crippen molar-refractivity contribution in [3.63, 3.8) is 0 Å². The van der Waals surface area contributed by atoms with Gasteiger partial charge >= 0.3 is 0 Å². The van der Waals surface area contributed by atoms with Crippen LogP contribution >= 0.6 is 0 Å². The van der Waals surface area contributed by atoms with Crippen molar-refractivity contribution in [1.29, 1.82) is 0 Å². The Morgan fingerprint density at radius 3 is 3.00 bits per heavy atom. The maximum Gasteiger partial charge on any atom is 0.221 e. The molecule has 0 saturated carbocycles. The lowest BCUT2D eigenvalue weighted by Crippen LogP contribution is -2.35. The number of hydrogen-bond donors (Lipinski definition) is 2. The van der Waals surface area contributed by atoms with Gasteiger partial charge in [0.1, 0.15) is 0 Å². The van der Waals surface area contributed by atoms with E-state index in [-0.39, 0.29) is 5.91 Å². The minimum atomic E-state index is 0.210. The van der Waals surface area contributed by atoms with E-state index in [0.29, 0.717) is 12.5 Å². The number of rotatable bonds is 7. The zero-order valence-corrected chi connectivity index (χ0v) is 11.4. The van der Waals surface area contributed by atoms with E-state index in [2.05, 4.69) is 24.5 Å². The molecule has 0 aliphatic carbocycles. The first-order valence-corrected chi connectivity index (χ1v) is 7.26. The molecule has 0 aromatic carbocycles. The summed E-state index contributed by atoms with van der Waals surface area (Å²) in [5, 5.41) is 6.52. The number of carbonyl (C=O) groups excluding carboxylic acids is 1. The van der Waals surface area contributed by atoms with Gasteiger partial charge in [0.25, 0.3) is 0 Å². The van der Waals surface area contributed by atoms with E-state index in [1.54, 1.807) is 0 Å². The maximum atomic E-state index is 11.4. The Morgan fingerprint density at radius 2 is 2.29 bits per heavy atom. The van der Waals surface area contributed by atoms with Gasteiger partial charge in [0, 0.05) is 19.0 Å². The molecule has 1 saturated heterocycles. The summed E-state index contributed by atoms with van der Waals surface area (Å²) in [7, 11) is 0. The highest BCUT2D eigenvalue weighted by molar-refractivity contribution is 5.76. The number of nitrogens with one attached hydrogen (secondary N) is 2. The first-order chi connectivity index (χ1) is 8.26. The van der Waals surface area contributed by atoms with Gasteiger partial charge in [0.2, 0.25) is 5.91 Å². The molecule has 1 amide bonds. The van der Waals surface area contributed by atoms with Gasteiger partial charge in [0.05, 0.1) is 0 Å². The van der Waals surface area contributed by atoms with Crippen molar-refractivity contribution in [2.75, 3.05) is 13.1 Å². The van der Waals surface area contributed by atoms with Gasteiger partial charge in [-0.05, 0) is 31.7 Å². The SMILES string of the molecule is CCCCC(CC)CNC1CCCNC(=O)C1. The summed E-state index contributed by atoms with van der Waals surface area (Å²) in [6, 6.07) is 0.396. The third-order valence-electron chi connectivity index (χ3n) is 3.72. The molecule has 1 heterocycles. The average Bonchev–Trinajstić information content (AvgIpc) is 2.54. The minimum Gasteiger partial charge on any atom is -0.356 e. The molecule has 0 aromatic heterocycles. The van der Waals surface area contributed by atoms with E-state index in [0.717, 1.165) is 31.8 Å². The fourth-order valence-corrected chi connectivity index (χ4v) is 2.43. The predicted molar refractivity (Wildman–Crippen MR) is 72.0 cm³/mol. The van der Waals surface area contributed by atoms with Gasteiger partial charge in [-0.15, -0.1) is 0 Å². The van der Waals surface area contributed by atoms with Crippen molar-refractivity contribution in [2.45, 2.75) is 64.8 Å². The Kier molecular flexibility index (Phi) is 7.25. The van der Waals surface area contributed by atoms with E-state index < -0.39 is 0 Å². The molecule has 3 nitrogen and oxygen atoms in total. The lowest BCUT2D eigenvalue weighted by molar-refractivity contribution is -0.121. The van der Waals surface area contributed by atoms with Crippen LogP contribution in [-0.4, -0.2) is 25.0 Å². The molecule has 100 valence electrons. The standard InChI is InChI=1S/C14H28N2O/c1-3-5-7-12(4-2)11-16-13-8-6-9-15-14(17)10-13/h12-13,16H,3-11H2,1-2H3,(H,15,17). The number of amides is 1. The molecular weight excluding hydrogens is 212 g/mol. The van der Waals surface area contributed by atoms with E-state index in [1.807, 2.05) is 0 Å². The summed E-state index contributed by atoms with van der Waals surface area (Å²) in [6.45, 7) is 6.44. The van der Waals surface area contributed by atoms with Gasteiger partial charge in [0.15, 0.2) is 0 Å². The second-order valence-corrected chi connectivity index (χ2v) is 5.22. The second-order valence-electron chi connectivity index (χ2n) is 5.22. The molecule has 1 rings (SSSR count). The van der Waals surface area contributed by atoms with Crippen LogP contribution < -0.4 is 10.6 Å². The summed E-state index contributed by atoms with van der Waals surface area (Å²) in [5.41, 5.74) is 0. The highest BCUT2D eigenvalue weighted by atomic mass is 16.1. The lowest BCUT2D eigenvalue weighted by atomic mass is 9.98.